The smallest absolute Gasteiger partial charge is 0.120 e. The first-order valence-electron chi connectivity index (χ1n) is 21.2. The van der Waals surface area contributed by atoms with Crippen molar-refractivity contribution in [3.63, 3.8) is 0 Å². The third kappa shape index (κ3) is 17.2. The quantitative estimate of drug-likeness (QED) is 0.110. The topological polar surface area (TPSA) is 103 Å². The van der Waals surface area contributed by atoms with Crippen molar-refractivity contribution >= 4 is 45.3 Å². The maximum Gasteiger partial charge on any atom is 0.120 e. The first-order valence-corrected chi connectivity index (χ1v) is 24.5. The molecule has 306 valence electrons. The number of unbranched alkanes of at least 4 members (excludes halogenated alkanes) is 1. The van der Waals surface area contributed by atoms with E-state index in [1.807, 2.05) is 11.3 Å². The molecular formula is C42H74N8S4. The third-order valence-electron chi connectivity index (χ3n) is 9.48. The molecule has 1 fully saturated rings. The zero-order chi connectivity index (χ0) is 40.0. The van der Waals surface area contributed by atoms with Gasteiger partial charge in [-0.25, -0.2) is 0 Å². The van der Waals surface area contributed by atoms with Crippen LogP contribution in [0.3, 0.4) is 0 Å². The second kappa shape index (κ2) is 27.0. The van der Waals surface area contributed by atoms with E-state index in [0.717, 1.165) is 6.42 Å². The molecule has 0 aliphatic heterocycles. The lowest BCUT2D eigenvalue weighted by molar-refractivity contribution is 0.440. The van der Waals surface area contributed by atoms with Crippen LogP contribution < -0.4 is 0 Å². The minimum Gasteiger partial charge on any atom is -0.144 e. The minimum absolute atomic E-state index is 0.514. The number of rotatable bonds is 16. The van der Waals surface area contributed by atoms with E-state index in [4.69, 9.17) is 0 Å². The fourth-order valence-corrected chi connectivity index (χ4v) is 9.97. The largest absolute Gasteiger partial charge is 0.144 e. The van der Waals surface area contributed by atoms with E-state index in [2.05, 4.69) is 131 Å². The number of aromatic nitrogens is 8. The lowest BCUT2D eigenvalue weighted by Crippen LogP contribution is -2.03. The Hall–Kier alpha value is -1.76. The van der Waals surface area contributed by atoms with Crippen molar-refractivity contribution in [1.82, 2.24) is 40.8 Å². The van der Waals surface area contributed by atoms with Gasteiger partial charge in [0.05, 0.1) is 0 Å². The standard InChI is InChI=1S/C12H22N2S.C11H18N2S.C10H18N2S.C9H16N2S/c1-5-7-10(8-6-2)12-14-13-11(15-12)9(3)4;1-8(2)10-12-13-11(14-10)9-6-4-3-5-7-9;1-5-8(6-2)10-12-11-9(13-10)7(3)4;1-4-5-6-8-10-11-9(12-8)7(2)3/h9-10H,5-8H2,1-4H3;8-9H,3-7H2,1-2H3;7-8H,5-6H2,1-4H3;7H,4-6H2,1-3H3. The second-order valence-electron chi connectivity index (χ2n) is 15.8. The number of aryl methyl sites for hydroxylation is 1. The summed E-state index contributed by atoms with van der Waals surface area (Å²) in [6, 6.07) is 0. The summed E-state index contributed by atoms with van der Waals surface area (Å²) < 4.78 is 0. The van der Waals surface area contributed by atoms with Crippen LogP contribution in [-0.4, -0.2) is 40.8 Å². The summed E-state index contributed by atoms with van der Waals surface area (Å²) in [6.45, 7) is 28.5. The van der Waals surface area contributed by atoms with Gasteiger partial charge in [0.1, 0.15) is 40.1 Å². The Morgan fingerprint density at radius 1 is 0.463 bits per heavy atom. The van der Waals surface area contributed by atoms with Crippen molar-refractivity contribution in [2.45, 2.75) is 221 Å². The van der Waals surface area contributed by atoms with Crippen LogP contribution in [0.1, 0.15) is 255 Å². The molecule has 12 heteroatoms. The van der Waals surface area contributed by atoms with Gasteiger partial charge in [0.25, 0.3) is 0 Å². The fourth-order valence-electron chi connectivity index (χ4n) is 5.94. The van der Waals surface area contributed by atoms with Crippen molar-refractivity contribution in [1.29, 1.82) is 0 Å². The summed E-state index contributed by atoms with van der Waals surface area (Å²) in [5.74, 6) is 4.06. The van der Waals surface area contributed by atoms with E-state index >= 15 is 0 Å². The molecule has 4 aromatic heterocycles. The van der Waals surface area contributed by atoms with E-state index in [9.17, 15) is 0 Å². The average Bonchev–Trinajstić information content (AvgIpc) is 4.00. The van der Waals surface area contributed by atoms with Crippen molar-refractivity contribution in [3.8, 4) is 0 Å². The second-order valence-corrected chi connectivity index (χ2v) is 20.0. The van der Waals surface area contributed by atoms with Gasteiger partial charge in [-0.1, -0.05) is 129 Å². The highest BCUT2D eigenvalue weighted by atomic mass is 32.1. The Kier molecular flexibility index (Phi) is 24.2. The average molecular weight is 819 g/mol. The monoisotopic (exact) mass is 818 g/mol. The highest BCUT2D eigenvalue weighted by molar-refractivity contribution is 7.12. The molecule has 8 nitrogen and oxygen atoms in total. The maximum atomic E-state index is 4.34. The number of nitrogens with zero attached hydrogens (tertiary/aromatic N) is 8. The van der Waals surface area contributed by atoms with Gasteiger partial charge < -0.3 is 0 Å². The summed E-state index contributed by atoms with van der Waals surface area (Å²) in [5, 5.41) is 43.6. The van der Waals surface area contributed by atoms with Gasteiger partial charge in [-0.2, -0.15) is 0 Å². The SMILES string of the molecule is CC(C)c1nnc(C2CCCCC2)s1.CCC(CC)c1nnc(C(C)C)s1.CCCC(CCC)c1nnc(C(C)C)s1.CCCCc1nnc(C(C)C)s1. The minimum atomic E-state index is 0.514. The van der Waals surface area contributed by atoms with E-state index in [0.29, 0.717) is 41.4 Å². The zero-order valence-corrected chi connectivity index (χ0v) is 39.4. The summed E-state index contributed by atoms with van der Waals surface area (Å²) in [6.07, 6.45) is 17.7. The van der Waals surface area contributed by atoms with Crippen LogP contribution in [0.25, 0.3) is 0 Å². The predicted octanol–water partition coefficient (Wildman–Crippen LogP) is 14.6. The van der Waals surface area contributed by atoms with Gasteiger partial charge in [-0.15, -0.1) is 86.1 Å². The molecule has 4 aromatic rings. The molecule has 0 saturated heterocycles. The Balaban J connectivity index is 0.000000250. The van der Waals surface area contributed by atoms with Crippen LogP contribution in [0, 0.1) is 0 Å². The maximum absolute atomic E-state index is 4.34. The van der Waals surface area contributed by atoms with Crippen molar-refractivity contribution in [2.24, 2.45) is 0 Å². The Labute approximate surface area is 345 Å². The fraction of sp³-hybridized carbons (Fsp3) is 0.810. The Morgan fingerprint density at radius 3 is 1.30 bits per heavy atom. The van der Waals surface area contributed by atoms with Crippen molar-refractivity contribution < 1.29 is 0 Å². The van der Waals surface area contributed by atoms with Crippen molar-refractivity contribution in [2.75, 3.05) is 0 Å². The van der Waals surface area contributed by atoms with Gasteiger partial charge >= 0.3 is 0 Å². The van der Waals surface area contributed by atoms with Crippen LogP contribution in [0.15, 0.2) is 0 Å². The molecule has 0 N–H and O–H groups in total. The van der Waals surface area contributed by atoms with Crippen molar-refractivity contribution in [3.05, 3.63) is 40.1 Å². The summed E-state index contributed by atoms with van der Waals surface area (Å²) in [4.78, 5) is 0. The first kappa shape index (κ1) is 48.4. The summed E-state index contributed by atoms with van der Waals surface area (Å²) >= 11 is 7.17. The van der Waals surface area contributed by atoms with Crippen LogP contribution in [0.5, 0.6) is 0 Å². The van der Waals surface area contributed by atoms with Crippen LogP contribution >= 0.6 is 45.3 Å². The summed E-state index contributed by atoms with van der Waals surface area (Å²) in [5.41, 5.74) is 0. The van der Waals surface area contributed by atoms with Gasteiger partial charge in [0.2, 0.25) is 0 Å². The van der Waals surface area contributed by atoms with Crippen LogP contribution in [-0.2, 0) is 6.42 Å². The lowest BCUT2D eigenvalue weighted by Gasteiger charge is -2.18. The molecule has 0 unspecified atom stereocenters. The number of hydrogen-bond donors (Lipinski definition) is 0. The highest BCUT2D eigenvalue weighted by Gasteiger charge is 2.20. The van der Waals surface area contributed by atoms with Crippen LogP contribution in [0.4, 0.5) is 0 Å². The van der Waals surface area contributed by atoms with Crippen LogP contribution in [0.2, 0.25) is 0 Å². The van der Waals surface area contributed by atoms with Gasteiger partial charge in [0, 0.05) is 47.8 Å². The van der Waals surface area contributed by atoms with E-state index in [-0.39, 0.29) is 0 Å². The third-order valence-corrected chi connectivity index (χ3v) is 14.9. The molecule has 0 amide bonds. The molecule has 1 aliphatic rings. The van der Waals surface area contributed by atoms with Gasteiger partial charge in [-0.05, 0) is 44.9 Å². The highest BCUT2D eigenvalue weighted by Crippen LogP contribution is 2.35. The van der Waals surface area contributed by atoms with Gasteiger partial charge in [0.15, 0.2) is 0 Å². The lowest BCUT2D eigenvalue weighted by atomic mass is 9.90. The molecule has 5 rings (SSSR count). The molecule has 0 bridgehead atoms. The normalized spacial score (nSPS) is 13.4. The Bertz CT molecular complexity index is 1490. The van der Waals surface area contributed by atoms with Gasteiger partial charge in [-0.3, -0.25) is 0 Å². The Morgan fingerprint density at radius 2 is 0.889 bits per heavy atom. The summed E-state index contributed by atoms with van der Waals surface area (Å²) in [7, 11) is 0. The number of hydrogen-bond acceptors (Lipinski definition) is 12. The molecule has 1 aliphatic carbocycles. The molecule has 0 aromatic carbocycles. The molecule has 0 radical (unpaired) electrons. The van der Waals surface area contributed by atoms with E-state index < -0.39 is 0 Å². The molecule has 0 atom stereocenters. The molecule has 54 heavy (non-hydrogen) atoms. The first-order chi connectivity index (χ1) is 25.9. The molecule has 4 heterocycles. The predicted molar refractivity (Wildman–Crippen MR) is 236 cm³/mol. The van der Waals surface area contributed by atoms with E-state index in [1.165, 1.54) is 124 Å². The van der Waals surface area contributed by atoms with E-state index in [1.54, 1.807) is 34.0 Å². The molecular weight excluding hydrogens is 745 g/mol. The zero-order valence-electron chi connectivity index (χ0n) is 36.2. The molecule has 1 saturated carbocycles. The molecule has 0 spiro atoms.